The highest BCUT2D eigenvalue weighted by atomic mass is 16.2. The van der Waals surface area contributed by atoms with Crippen molar-refractivity contribution in [2.24, 2.45) is 5.10 Å². The molecule has 1 amide bonds. The fourth-order valence-electron chi connectivity index (χ4n) is 2.39. The van der Waals surface area contributed by atoms with Gasteiger partial charge >= 0.3 is 0 Å². The topological polar surface area (TPSA) is 56.7 Å². The molecule has 0 aromatic heterocycles. The minimum absolute atomic E-state index is 0.153. The molecule has 5 heteroatoms. The smallest absolute Gasteiger partial charge is 0.259 e. The van der Waals surface area contributed by atoms with Crippen molar-refractivity contribution in [3.05, 3.63) is 48.5 Å². The zero-order valence-electron chi connectivity index (χ0n) is 11.7. The van der Waals surface area contributed by atoms with Gasteiger partial charge in [0.15, 0.2) is 0 Å². The van der Waals surface area contributed by atoms with Crippen LogP contribution in [-0.2, 0) is 4.79 Å². The molecule has 0 atom stereocenters. The largest absolute Gasteiger partial charge is 0.352 e. The monoisotopic (exact) mass is 280 g/mol. The van der Waals surface area contributed by atoms with Crippen molar-refractivity contribution < 1.29 is 4.79 Å². The van der Waals surface area contributed by atoms with Crippen LogP contribution in [0.25, 0.3) is 0 Å². The summed E-state index contributed by atoms with van der Waals surface area (Å²) in [6.07, 6.45) is 1.55. The van der Waals surface area contributed by atoms with Crippen LogP contribution < -0.4 is 15.6 Å². The van der Waals surface area contributed by atoms with Gasteiger partial charge in [0.05, 0.1) is 22.7 Å². The minimum Gasteiger partial charge on any atom is -0.352 e. The van der Waals surface area contributed by atoms with E-state index in [4.69, 9.17) is 0 Å². The molecule has 1 heterocycles. The normalized spacial score (nSPS) is 12.5. The van der Waals surface area contributed by atoms with Gasteiger partial charge in [-0.15, -0.1) is 0 Å². The predicted octanol–water partition coefficient (Wildman–Crippen LogP) is 3.00. The van der Waals surface area contributed by atoms with E-state index in [-0.39, 0.29) is 12.5 Å². The van der Waals surface area contributed by atoms with E-state index in [1.54, 1.807) is 13.1 Å². The molecule has 0 radical (unpaired) electrons. The van der Waals surface area contributed by atoms with Crippen LogP contribution in [0.4, 0.5) is 22.7 Å². The molecular formula is C16H16N4O. The number of rotatable bonds is 3. The highest BCUT2D eigenvalue weighted by molar-refractivity contribution is 5.95. The van der Waals surface area contributed by atoms with Crippen LogP contribution in [0.2, 0.25) is 0 Å². The van der Waals surface area contributed by atoms with E-state index in [1.165, 1.54) is 0 Å². The van der Waals surface area contributed by atoms with E-state index >= 15 is 0 Å². The average Bonchev–Trinajstić information content (AvgIpc) is 2.52. The van der Waals surface area contributed by atoms with Gasteiger partial charge in [0.2, 0.25) is 0 Å². The van der Waals surface area contributed by atoms with Crippen LogP contribution in [0.15, 0.2) is 53.6 Å². The van der Waals surface area contributed by atoms with Crippen molar-refractivity contribution in [1.82, 2.24) is 5.43 Å². The van der Waals surface area contributed by atoms with Gasteiger partial charge in [-0.3, -0.25) is 4.79 Å². The Labute approximate surface area is 123 Å². The fraction of sp³-hybridized carbons (Fsp3) is 0.125. The molecule has 2 aromatic rings. The van der Waals surface area contributed by atoms with Crippen LogP contribution >= 0.6 is 0 Å². The second kappa shape index (κ2) is 5.66. The molecule has 1 aliphatic rings. The first kappa shape index (κ1) is 13.2. The maximum Gasteiger partial charge on any atom is 0.259 e. The highest BCUT2D eigenvalue weighted by Gasteiger charge is 2.23. The molecule has 0 bridgehead atoms. The quantitative estimate of drug-likeness (QED) is 0.671. The number of para-hydroxylation sites is 4. The van der Waals surface area contributed by atoms with Gasteiger partial charge < -0.3 is 10.2 Å². The van der Waals surface area contributed by atoms with Gasteiger partial charge in [-0.2, -0.15) is 5.10 Å². The summed E-state index contributed by atoms with van der Waals surface area (Å²) in [5.41, 5.74) is 6.44. The van der Waals surface area contributed by atoms with E-state index in [2.05, 4.69) is 15.8 Å². The maximum atomic E-state index is 12.0. The van der Waals surface area contributed by atoms with Crippen molar-refractivity contribution in [3.8, 4) is 0 Å². The van der Waals surface area contributed by atoms with E-state index in [1.807, 2.05) is 53.4 Å². The summed E-state index contributed by atoms with van der Waals surface area (Å²) >= 11 is 0. The number of benzene rings is 2. The number of carbonyl (C=O) groups is 1. The number of nitrogens with zero attached hydrogens (tertiary/aromatic N) is 2. The predicted molar refractivity (Wildman–Crippen MR) is 85.5 cm³/mol. The molecule has 2 aromatic carbocycles. The number of anilines is 4. The Kier molecular flexibility index (Phi) is 3.55. The fourth-order valence-corrected chi connectivity index (χ4v) is 2.39. The molecular weight excluding hydrogens is 264 g/mol. The minimum atomic E-state index is -0.153. The van der Waals surface area contributed by atoms with E-state index in [9.17, 15) is 4.79 Å². The molecule has 3 rings (SSSR count). The molecule has 0 fully saturated rings. The molecule has 1 aliphatic heterocycles. The van der Waals surface area contributed by atoms with E-state index < -0.39 is 0 Å². The van der Waals surface area contributed by atoms with Crippen LogP contribution in [0, 0.1) is 0 Å². The summed E-state index contributed by atoms with van der Waals surface area (Å²) in [7, 11) is 0. The van der Waals surface area contributed by atoms with Crippen LogP contribution in [0.3, 0.4) is 0 Å². The number of nitrogens with one attached hydrogen (secondary N) is 2. The number of fused-ring (bicyclic) bond motifs is 2. The SMILES string of the molecule is C/C=N/NC(=O)CN1c2ccccc2Nc2ccccc21. The maximum absolute atomic E-state index is 12.0. The standard InChI is InChI=1S/C16H16N4O/c1-2-17-19-16(21)11-20-14-9-5-3-7-12(14)18-13-8-4-6-10-15(13)20/h2-10,18H,11H2,1H3,(H,19,21)/b17-2+. The third-order valence-electron chi connectivity index (χ3n) is 3.28. The number of amides is 1. The second-order valence-electron chi connectivity index (χ2n) is 4.67. The lowest BCUT2D eigenvalue weighted by atomic mass is 10.1. The number of hydrazone groups is 1. The lowest BCUT2D eigenvalue weighted by molar-refractivity contribution is -0.119. The van der Waals surface area contributed by atoms with Crippen molar-refractivity contribution in [1.29, 1.82) is 0 Å². The second-order valence-corrected chi connectivity index (χ2v) is 4.67. The Bertz CT molecular complexity index is 651. The molecule has 106 valence electrons. The first-order valence-electron chi connectivity index (χ1n) is 6.78. The van der Waals surface area contributed by atoms with Gasteiger partial charge in [0.1, 0.15) is 6.54 Å². The van der Waals surface area contributed by atoms with E-state index in [0.29, 0.717) is 0 Å². The molecule has 0 saturated carbocycles. The van der Waals surface area contributed by atoms with Gasteiger partial charge in [-0.25, -0.2) is 5.43 Å². The number of hydrogen-bond acceptors (Lipinski definition) is 4. The summed E-state index contributed by atoms with van der Waals surface area (Å²) in [5, 5.41) is 7.17. The molecule has 0 spiro atoms. The Morgan fingerprint density at radius 2 is 1.71 bits per heavy atom. The molecule has 2 N–H and O–H groups in total. The van der Waals surface area contributed by atoms with Gasteiger partial charge in [0, 0.05) is 6.21 Å². The van der Waals surface area contributed by atoms with Gasteiger partial charge in [-0.05, 0) is 31.2 Å². The van der Waals surface area contributed by atoms with Crippen molar-refractivity contribution in [2.75, 3.05) is 16.8 Å². The summed E-state index contributed by atoms with van der Waals surface area (Å²) in [4.78, 5) is 14.0. The van der Waals surface area contributed by atoms with Gasteiger partial charge in [-0.1, -0.05) is 24.3 Å². The van der Waals surface area contributed by atoms with Crippen LogP contribution in [-0.4, -0.2) is 18.7 Å². The first-order chi connectivity index (χ1) is 10.3. The Hall–Kier alpha value is -2.82. The Balaban J connectivity index is 1.96. The molecule has 0 unspecified atom stereocenters. The van der Waals surface area contributed by atoms with Crippen LogP contribution in [0.5, 0.6) is 0 Å². The van der Waals surface area contributed by atoms with Crippen molar-refractivity contribution in [3.63, 3.8) is 0 Å². The summed E-state index contributed by atoms with van der Waals surface area (Å²) in [6, 6.07) is 15.9. The van der Waals surface area contributed by atoms with E-state index in [0.717, 1.165) is 22.7 Å². The third-order valence-corrected chi connectivity index (χ3v) is 3.28. The Morgan fingerprint density at radius 3 is 2.29 bits per heavy atom. The lowest BCUT2D eigenvalue weighted by Crippen LogP contribution is -2.34. The zero-order chi connectivity index (χ0) is 14.7. The summed E-state index contributed by atoms with van der Waals surface area (Å²) in [6.45, 7) is 1.97. The van der Waals surface area contributed by atoms with Crippen molar-refractivity contribution >= 4 is 34.9 Å². The summed E-state index contributed by atoms with van der Waals surface area (Å²) < 4.78 is 0. The molecule has 5 nitrogen and oxygen atoms in total. The van der Waals surface area contributed by atoms with Gasteiger partial charge in [0.25, 0.3) is 5.91 Å². The molecule has 0 saturated heterocycles. The van der Waals surface area contributed by atoms with Crippen LogP contribution in [0.1, 0.15) is 6.92 Å². The molecule has 21 heavy (non-hydrogen) atoms. The zero-order valence-corrected chi connectivity index (χ0v) is 11.7. The Morgan fingerprint density at radius 1 is 1.14 bits per heavy atom. The lowest BCUT2D eigenvalue weighted by Gasteiger charge is -2.33. The summed E-state index contributed by atoms with van der Waals surface area (Å²) in [5.74, 6) is -0.153. The highest BCUT2D eigenvalue weighted by Crippen LogP contribution is 2.42. The number of carbonyl (C=O) groups excluding carboxylic acids is 1. The molecule has 0 aliphatic carbocycles. The van der Waals surface area contributed by atoms with Crippen molar-refractivity contribution in [2.45, 2.75) is 6.92 Å². The first-order valence-corrected chi connectivity index (χ1v) is 6.78. The number of hydrogen-bond donors (Lipinski definition) is 2. The average molecular weight is 280 g/mol. The third kappa shape index (κ3) is 2.58.